The van der Waals surface area contributed by atoms with Crippen molar-refractivity contribution in [2.45, 2.75) is 45.2 Å². The number of amides is 1. The van der Waals surface area contributed by atoms with E-state index in [1.165, 1.54) is 5.56 Å². The van der Waals surface area contributed by atoms with Crippen LogP contribution in [0.5, 0.6) is 0 Å². The normalized spacial score (nSPS) is 19.6. The van der Waals surface area contributed by atoms with E-state index in [2.05, 4.69) is 24.4 Å². The molecule has 1 unspecified atom stereocenters. The van der Waals surface area contributed by atoms with Crippen LogP contribution < -0.4 is 10.2 Å². The first-order chi connectivity index (χ1) is 8.47. The van der Waals surface area contributed by atoms with E-state index in [4.69, 9.17) is 0 Å². The van der Waals surface area contributed by atoms with Crippen LogP contribution in [-0.2, 0) is 11.2 Å². The van der Waals surface area contributed by atoms with Gasteiger partial charge < -0.3 is 10.2 Å². The number of hydrogen-bond acceptors (Lipinski definition) is 2. The number of carbonyl (C=O) groups excluding carboxylic acids is 1. The van der Waals surface area contributed by atoms with Crippen molar-refractivity contribution >= 4 is 11.6 Å². The van der Waals surface area contributed by atoms with E-state index in [1.807, 2.05) is 37.9 Å². The van der Waals surface area contributed by atoms with Gasteiger partial charge in [0.25, 0.3) is 0 Å². The van der Waals surface area contributed by atoms with Crippen LogP contribution in [0.4, 0.5) is 5.69 Å². The second kappa shape index (κ2) is 4.73. The molecule has 3 heteroatoms. The molecule has 0 saturated heterocycles. The number of para-hydroxylation sites is 1. The molecule has 2 rings (SSSR count). The molecule has 3 nitrogen and oxygen atoms in total. The molecule has 1 atom stereocenters. The van der Waals surface area contributed by atoms with E-state index in [-0.39, 0.29) is 11.9 Å². The van der Waals surface area contributed by atoms with Crippen molar-refractivity contribution in [1.29, 1.82) is 0 Å². The molecule has 1 aromatic rings. The van der Waals surface area contributed by atoms with Gasteiger partial charge in [0.1, 0.15) is 0 Å². The first kappa shape index (κ1) is 13.1. The van der Waals surface area contributed by atoms with Gasteiger partial charge in [-0.25, -0.2) is 0 Å². The highest BCUT2D eigenvalue weighted by molar-refractivity contribution is 6.01. The molecule has 1 amide bonds. The zero-order valence-electron chi connectivity index (χ0n) is 11.7. The molecule has 0 saturated carbocycles. The lowest BCUT2D eigenvalue weighted by Crippen LogP contribution is -2.56. The van der Waals surface area contributed by atoms with Crippen molar-refractivity contribution in [1.82, 2.24) is 5.32 Å². The van der Waals surface area contributed by atoms with Gasteiger partial charge in [0.15, 0.2) is 0 Å². The van der Waals surface area contributed by atoms with Crippen molar-refractivity contribution in [3.63, 3.8) is 0 Å². The van der Waals surface area contributed by atoms with E-state index in [0.717, 1.165) is 18.5 Å². The molecule has 0 spiro atoms. The van der Waals surface area contributed by atoms with Gasteiger partial charge in [0, 0.05) is 11.7 Å². The molecule has 1 heterocycles. The van der Waals surface area contributed by atoms with Crippen LogP contribution in [0.3, 0.4) is 0 Å². The highest BCUT2D eigenvalue weighted by Gasteiger charge is 2.36. The minimum Gasteiger partial charge on any atom is -0.308 e. The molecule has 98 valence electrons. The number of carbonyl (C=O) groups is 1. The maximum Gasteiger partial charge on any atom is 0.246 e. The number of likely N-dealkylation sites (N-methyl/N-ethyl adjacent to an activating group) is 1. The van der Waals surface area contributed by atoms with Gasteiger partial charge in [-0.3, -0.25) is 4.79 Å². The smallest absolute Gasteiger partial charge is 0.246 e. The maximum atomic E-state index is 12.7. The summed E-state index contributed by atoms with van der Waals surface area (Å²) in [6.45, 7) is 5.98. The summed E-state index contributed by atoms with van der Waals surface area (Å²) in [5.74, 6) is 0.143. The molecular weight excluding hydrogens is 224 g/mol. The van der Waals surface area contributed by atoms with Crippen molar-refractivity contribution in [3.8, 4) is 0 Å². The standard InChI is InChI=1S/C15H22N2O/c1-11-9-10-12-7-5-6-8-13(12)17(11)14(18)15(2,3)16-4/h5-8,11,16H,9-10H2,1-4H3. The highest BCUT2D eigenvalue weighted by atomic mass is 16.2. The molecular formula is C15H22N2O. The molecule has 18 heavy (non-hydrogen) atoms. The lowest BCUT2D eigenvalue weighted by molar-refractivity contribution is -0.124. The Hall–Kier alpha value is -1.35. The van der Waals surface area contributed by atoms with Crippen LogP contribution in [0.15, 0.2) is 24.3 Å². The second-order valence-corrected chi connectivity index (χ2v) is 5.57. The van der Waals surface area contributed by atoms with Gasteiger partial charge in [-0.05, 0) is 52.3 Å². The predicted octanol–water partition coefficient (Wildman–Crippen LogP) is 2.35. The monoisotopic (exact) mass is 246 g/mol. The Kier molecular flexibility index (Phi) is 3.44. The first-order valence-corrected chi connectivity index (χ1v) is 6.58. The van der Waals surface area contributed by atoms with Crippen molar-refractivity contribution in [3.05, 3.63) is 29.8 Å². The summed E-state index contributed by atoms with van der Waals surface area (Å²) < 4.78 is 0. The van der Waals surface area contributed by atoms with E-state index in [9.17, 15) is 4.79 Å². The quantitative estimate of drug-likeness (QED) is 0.868. The third-order valence-corrected chi connectivity index (χ3v) is 3.90. The van der Waals surface area contributed by atoms with Crippen LogP contribution in [0, 0.1) is 0 Å². The molecule has 1 aliphatic heterocycles. The van der Waals surface area contributed by atoms with Gasteiger partial charge in [0.05, 0.1) is 5.54 Å². The molecule has 1 aromatic carbocycles. The number of nitrogens with one attached hydrogen (secondary N) is 1. The van der Waals surface area contributed by atoms with E-state index in [1.54, 1.807) is 0 Å². The van der Waals surface area contributed by atoms with Crippen molar-refractivity contribution < 1.29 is 4.79 Å². The molecule has 0 aromatic heterocycles. The van der Waals surface area contributed by atoms with Crippen molar-refractivity contribution in [2.75, 3.05) is 11.9 Å². The number of rotatable bonds is 2. The number of fused-ring (bicyclic) bond motifs is 1. The number of hydrogen-bond donors (Lipinski definition) is 1. The Labute approximate surface area is 109 Å². The van der Waals surface area contributed by atoms with E-state index >= 15 is 0 Å². The molecule has 0 bridgehead atoms. The SMILES string of the molecule is CNC(C)(C)C(=O)N1c2ccccc2CCC1C. The molecule has 0 aliphatic carbocycles. The van der Waals surface area contributed by atoms with Gasteiger partial charge in [-0.1, -0.05) is 18.2 Å². The van der Waals surface area contributed by atoms with Crippen molar-refractivity contribution in [2.24, 2.45) is 0 Å². The second-order valence-electron chi connectivity index (χ2n) is 5.57. The number of anilines is 1. The van der Waals surface area contributed by atoms with Crippen LogP contribution in [0.1, 0.15) is 32.8 Å². The van der Waals surface area contributed by atoms with Gasteiger partial charge in [0.2, 0.25) is 5.91 Å². The number of nitrogens with zero attached hydrogens (tertiary/aromatic N) is 1. The van der Waals surface area contributed by atoms with Crippen LogP contribution in [0.25, 0.3) is 0 Å². The fourth-order valence-electron chi connectivity index (χ4n) is 2.41. The third kappa shape index (κ3) is 2.15. The Morgan fingerprint density at radius 1 is 1.39 bits per heavy atom. The van der Waals surface area contributed by atoms with Gasteiger partial charge >= 0.3 is 0 Å². The minimum atomic E-state index is -0.529. The maximum absolute atomic E-state index is 12.7. The van der Waals surface area contributed by atoms with Gasteiger partial charge in [-0.15, -0.1) is 0 Å². The Balaban J connectivity index is 2.41. The summed E-state index contributed by atoms with van der Waals surface area (Å²) in [5.41, 5.74) is 1.82. The summed E-state index contributed by atoms with van der Waals surface area (Å²) in [6.07, 6.45) is 2.09. The van der Waals surface area contributed by atoms with Gasteiger partial charge in [-0.2, -0.15) is 0 Å². The third-order valence-electron chi connectivity index (χ3n) is 3.90. The first-order valence-electron chi connectivity index (χ1n) is 6.58. The Bertz CT molecular complexity index is 454. The topological polar surface area (TPSA) is 32.3 Å². The highest BCUT2D eigenvalue weighted by Crippen LogP contribution is 2.32. The zero-order valence-corrected chi connectivity index (χ0v) is 11.7. The number of aryl methyl sites for hydroxylation is 1. The average molecular weight is 246 g/mol. The molecule has 1 N–H and O–H groups in total. The molecule has 0 radical (unpaired) electrons. The van der Waals surface area contributed by atoms with Crippen LogP contribution in [0.2, 0.25) is 0 Å². The fraction of sp³-hybridized carbons (Fsp3) is 0.533. The lowest BCUT2D eigenvalue weighted by atomic mass is 9.93. The van der Waals surface area contributed by atoms with E-state index < -0.39 is 5.54 Å². The van der Waals surface area contributed by atoms with Crippen LogP contribution >= 0.6 is 0 Å². The molecule has 0 fully saturated rings. The summed E-state index contributed by atoms with van der Waals surface area (Å²) in [5, 5.41) is 3.10. The Morgan fingerprint density at radius 2 is 2.06 bits per heavy atom. The number of benzene rings is 1. The zero-order chi connectivity index (χ0) is 13.3. The molecule has 1 aliphatic rings. The summed E-state index contributed by atoms with van der Waals surface area (Å²) in [6, 6.07) is 8.48. The largest absolute Gasteiger partial charge is 0.308 e. The minimum absolute atomic E-state index is 0.143. The Morgan fingerprint density at radius 3 is 2.72 bits per heavy atom. The summed E-state index contributed by atoms with van der Waals surface area (Å²) in [4.78, 5) is 14.6. The lowest BCUT2D eigenvalue weighted by Gasteiger charge is -2.39. The van der Waals surface area contributed by atoms with E-state index in [0.29, 0.717) is 0 Å². The predicted molar refractivity (Wildman–Crippen MR) is 74.8 cm³/mol. The fourth-order valence-corrected chi connectivity index (χ4v) is 2.41. The average Bonchev–Trinajstić information content (AvgIpc) is 2.38. The summed E-state index contributed by atoms with van der Waals surface area (Å²) in [7, 11) is 1.83. The summed E-state index contributed by atoms with van der Waals surface area (Å²) >= 11 is 0. The van der Waals surface area contributed by atoms with Crippen LogP contribution in [-0.4, -0.2) is 24.5 Å².